The molecule has 1 saturated carbocycles. The third-order valence-electron chi connectivity index (χ3n) is 5.17. The van der Waals surface area contributed by atoms with E-state index in [1.54, 1.807) is 24.4 Å². The molecule has 0 amide bonds. The molecule has 158 valence electrons. The normalized spacial score (nSPS) is 14.5. The molecule has 1 atom stereocenters. The van der Waals surface area contributed by atoms with Crippen molar-refractivity contribution < 1.29 is 23.4 Å². The molecule has 2 aromatic carbocycles. The van der Waals surface area contributed by atoms with Crippen LogP contribution in [0, 0.1) is 11.7 Å². The van der Waals surface area contributed by atoms with Crippen LogP contribution in [0.1, 0.15) is 31.4 Å². The Labute approximate surface area is 178 Å². The van der Waals surface area contributed by atoms with Gasteiger partial charge in [0.15, 0.2) is 11.4 Å². The predicted molar refractivity (Wildman–Crippen MR) is 113 cm³/mol. The quantitative estimate of drug-likeness (QED) is 0.415. The Kier molecular flexibility index (Phi) is 5.03. The summed E-state index contributed by atoms with van der Waals surface area (Å²) in [4.78, 5) is 8.63. The predicted octanol–water partition coefficient (Wildman–Crippen LogP) is 5.66. The lowest BCUT2D eigenvalue weighted by atomic mass is 10.1. The number of ether oxygens (including phenoxy) is 2. The van der Waals surface area contributed by atoms with Crippen molar-refractivity contribution in [3.05, 3.63) is 66.1 Å². The van der Waals surface area contributed by atoms with Gasteiger partial charge in [-0.25, -0.2) is 14.4 Å². The second-order valence-corrected chi connectivity index (χ2v) is 7.73. The Balaban J connectivity index is 1.33. The SMILES string of the molecule is CC(O)c1ccc2nc(-c3ccc(Oc4cccc(OCC5CC5)c4)nc3)oc2c1F. The summed E-state index contributed by atoms with van der Waals surface area (Å²) in [5.74, 6) is 2.11. The van der Waals surface area contributed by atoms with E-state index >= 15 is 0 Å². The number of pyridine rings is 1. The maximum Gasteiger partial charge on any atom is 0.229 e. The number of oxazole rings is 1. The summed E-state index contributed by atoms with van der Waals surface area (Å²) < 4.78 is 31.8. The average molecular weight is 420 g/mol. The van der Waals surface area contributed by atoms with Gasteiger partial charge < -0.3 is 19.0 Å². The van der Waals surface area contributed by atoms with Crippen LogP contribution in [0.3, 0.4) is 0 Å². The number of fused-ring (bicyclic) bond motifs is 1. The maximum absolute atomic E-state index is 14.6. The molecule has 0 aliphatic heterocycles. The molecular weight excluding hydrogens is 399 g/mol. The summed E-state index contributed by atoms with van der Waals surface area (Å²) in [6, 6.07) is 14.0. The third-order valence-corrected chi connectivity index (χ3v) is 5.17. The molecule has 1 aliphatic carbocycles. The van der Waals surface area contributed by atoms with Crippen LogP contribution in [0.15, 0.2) is 59.1 Å². The molecule has 6 nitrogen and oxygen atoms in total. The number of aromatic nitrogens is 2. The van der Waals surface area contributed by atoms with E-state index in [2.05, 4.69) is 9.97 Å². The van der Waals surface area contributed by atoms with Gasteiger partial charge in [0.05, 0.1) is 18.3 Å². The van der Waals surface area contributed by atoms with Crippen LogP contribution < -0.4 is 9.47 Å². The van der Waals surface area contributed by atoms with Crippen LogP contribution in [0.4, 0.5) is 4.39 Å². The minimum absolute atomic E-state index is 0.0109. The van der Waals surface area contributed by atoms with Crippen molar-refractivity contribution in [3.8, 4) is 28.8 Å². The first-order valence-corrected chi connectivity index (χ1v) is 10.2. The fraction of sp³-hybridized carbons (Fsp3) is 0.250. The molecule has 0 spiro atoms. The Bertz CT molecular complexity index is 1220. The summed E-state index contributed by atoms with van der Waals surface area (Å²) in [5.41, 5.74) is 1.14. The third kappa shape index (κ3) is 4.22. The lowest BCUT2D eigenvalue weighted by Gasteiger charge is -2.08. The van der Waals surface area contributed by atoms with Crippen molar-refractivity contribution >= 4 is 11.1 Å². The summed E-state index contributed by atoms with van der Waals surface area (Å²) in [6.45, 7) is 2.24. The van der Waals surface area contributed by atoms with Crippen molar-refractivity contribution in [2.75, 3.05) is 6.61 Å². The van der Waals surface area contributed by atoms with E-state index in [-0.39, 0.29) is 17.0 Å². The number of nitrogens with zero attached hydrogens (tertiary/aromatic N) is 2. The van der Waals surface area contributed by atoms with Gasteiger partial charge in [-0.15, -0.1) is 0 Å². The van der Waals surface area contributed by atoms with E-state index in [1.807, 2.05) is 24.3 Å². The Morgan fingerprint density at radius 3 is 2.74 bits per heavy atom. The zero-order valence-corrected chi connectivity index (χ0v) is 16.9. The Hall–Kier alpha value is -3.45. The second-order valence-electron chi connectivity index (χ2n) is 7.73. The number of halogens is 1. The van der Waals surface area contributed by atoms with Gasteiger partial charge in [0.25, 0.3) is 0 Å². The minimum atomic E-state index is -0.936. The Morgan fingerprint density at radius 1 is 1.16 bits per heavy atom. The van der Waals surface area contributed by atoms with Gasteiger partial charge >= 0.3 is 0 Å². The molecule has 31 heavy (non-hydrogen) atoms. The topological polar surface area (TPSA) is 77.6 Å². The fourth-order valence-corrected chi connectivity index (χ4v) is 3.24. The molecular formula is C24H21FN2O4. The van der Waals surface area contributed by atoms with Crippen LogP contribution in [-0.2, 0) is 0 Å². The van der Waals surface area contributed by atoms with E-state index in [4.69, 9.17) is 13.9 Å². The number of hydrogen-bond acceptors (Lipinski definition) is 6. The van der Waals surface area contributed by atoms with Gasteiger partial charge in [-0.05, 0) is 49.9 Å². The van der Waals surface area contributed by atoms with Gasteiger partial charge in [0, 0.05) is 23.9 Å². The summed E-state index contributed by atoms with van der Waals surface area (Å²) in [5, 5.41) is 9.68. The molecule has 7 heteroatoms. The monoisotopic (exact) mass is 420 g/mol. The molecule has 0 radical (unpaired) electrons. The highest BCUT2D eigenvalue weighted by Crippen LogP contribution is 2.32. The van der Waals surface area contributed by atoms with Crippen LogP contribution in [0.5, 0.6) is 17.4 Å². The van der Waals surface area contributed by atoms with Gasteiger partial charge in [-0.1, -0.05) is 12.1 Å². The van der Waals surface area contributed by atoms with Crippen molar-refractivity contribution in [1.82, 2.24) is 9.97 Å². The van der Waals surface area contributed by atoms with Crippen LogP contribution in [0.25, 0.3) is 22.6 Å². The molecule has 1 N–H and O–H groups in total. The van der Waals surface area contributed by atoms with Crippen LogP contribution in [-0.4, -0.2) is 21.7 Å². The average Bonchev–Trinajstić information content (AvgIpc) is 3.49. The van der Waals surface area contributed by atoms with Gasteiger partial charge in [0.2, 0.25) is 11.8 Å². The highest BCUT2D eigenvalue weighted by Gasteiger charge is 2.22. The zero-order valence-electron chi connectivity index (χ0n) is 16.9. The minimum Gasteiger partial charge on any atom is -0.493 e. The molecule has 4 aromatic rings. The largest absolute Gasteiger partial charge is 0.493 e. The molecule has 2 aromatic heterocycles. The second kappa shape index (κ2) is 8.00. The summed E-state index contributed by atoms with van der Waals surface area (Å²) in [7, 11) is 0. The first-order chi connectivity index (χ1) is 15.1. The lowest BCUT2D eigenvalue weighted by Crippen LogP contribution is -1.98. The summed E-state index contributed by atoms with van der Waals surface area (Å²) >= 11 is 0. The van der Waals surface area contributed by atoms with E-state index in [0.717, 1.165) is 12.4 Å². The molecule has 0 saturated heterocycles. The smallest absolute Gasteiger partial charge is 0.229 e. The van der Waals surface area contributed by atoms with Gasteiger partial charge in [-0.2, -0.15) is 0 Å². The first-order valence-electron chi connectivity index (χ1n) is 10.2. The molecule has 1 fully saturated rings. The number of rotatable bonds is 7. The molecule has 5 rings (SSSR count). The maximum atomic E-state index is 14.6. The van der Waals surface area contributed by atoms with Crippen molar-refractivity contribution in [3.63, 3.8) is 0 Å². The first kappa shape index (κ1) is 19.5. The lowest BCUT2D eigenvalue weighted by molar-refractivity contribution is 0.194. The molecule has 2 heterocycles. The standard InChI is InChI=1S/C24H21FN2O4/c1-14(28)19-8-9-20-23(22(19)25)31-24(27-20)16-7-10-21(26-12-16)30-18-4-2-3-17(11-18)29-13-15-5-6-15/h2-4,7-12,14-15,28H,5-6,13H2,1H3. The van der Waals surface area contributed by atoms with Crippen LogP contribution in [0.2, 0.25) is 0 Å². The van der Waals surface area contributed by atoms with E-state index in [1.165, 1.54) is 25.8 Å². The van der Waals surface area contributed by atoms with Gasteiger partial charge in [0.1, 0.15) is 17.0 Å². The highest BCUT2D eigenvalue weighted by molar-refractivity contribution is 5.77. The number of aliphatic hydroxyl groups excluding tert-OH is 1. The van der Waals surface area contributed by atoms with Crippen molar-refractivity contribution in [2.45, 2.75) is 25.9 Å². The molecule has 0 bridgehead atoms. The van der Waals surface area contributed by atoms with E-state index < -0.39 is 11.9 Å². The Morgan fingerprint density at radius 2 is 2.00 bits per heavy atom. The van der Waals surface area contributed by atoms with Crippen LogP contribution >= 0.6 is 0 Å². The van der Waals surface area contributed by atoms with Crippen molar-refractivity contribution in [1.29, 1.82) is 0 Å². The van der Waals surface area contributed by atoms with Gasteiger partial charge in [-0.3, -0.25) is 0 Å². The number of hydrogen-bond donors (Lipinski definition) is 1. The summed E-state index contributed by atoms with van der Waals surface area (Å²) in [6.07, 6.45) is 3.09. The zero-order chi connectivity index (χ0) is 21.4. The highest BCUT2D eigenvalue weighted by atomic mass is 19.1. The van der Waals surface area contributed by atoms with E-state index in [0.29, 0.717) is 28.6 Å². The number of aliphatic hydroxyl groups is 1. The fourth-order valence-electron chi connectivity index (χ4n) is 3.24. The molecule has 1 unspecified atom stereocenters. The molecule has 1 aliphatic rings. The number of benzene rings is 2. The van der Waals surface area contributed by atoms with Crippen molar-refractivity contribution in [2.24, 2.45) is 5.92 Å². The van der Waals surface area contributed by atoms with E-state index in [9.17, 15) is 9.50 Å².